The molecule has 0 bridgehead atoms. The van der Waals surface area contributed by atoms with E-state index in [0.29, 0.717) is 19.3 Å². The van der Waals surface area contributed by atoms with Crippen molar-refractivity contribution in [2.75, 3.05) is 0 Å². The zero-order chi connectivity index (χ0) is 20.2. The lowest BCUT2D eigenvalue weighted by molar-refractivity contribution is -0.129. The number of benzene rings is 3. The van der Waals surface area contributed by atoms with Crippen LogP contribution < -0.4 is 5.48 Å². The summed E-state index contributed by atoms with van der Waals surface area (Å²) in [5.74, 6) is -0.399. The van der Waals surface area contributed by atoms with Crippen LogP contribution in [0.1, 0.15) is 37.4 Å². The monoisotopic (exact) mass is 389 g/mol. The first-order valence-electron chi connectivity index (χ1n) is 9.79. The number of para-hydroxylation sites is 2. The second-order valence-electron chi connectivity index (χ2n) is 7.20. The van der Waals surface area contributed by atoms with Gasteiger partial charge in [-0.25, -0.2) is 5.48 Å². The van der Waals surface area contributed by atoms with Gasteiger partial charge in [-0.05, 0) is 30.0 Å². The van der Waals surface area contributed by atoms with E-state index in [-0.39, 0.29) is 6.42 Å². The first kappa shape index (κ1) is 19.2. The average molecular weight is 389 g/mol. The molecule has 0 aliphatic rings. The number of unbranched alkanes of at least 4 members (excludes halogenated alkanes) is 1. The summed E-state index contributed by atoms with van der Waals surface area (Å²) in [5.41, 5.74) is 6.26. The topological polar surface area (TPSA) is 82.7 Å². The molecule has 5 heteroatoms. The number of rotatable bonds is 7. The molecular weight excluding hydrogens is 366 g/mol. The van der Waals surface area contributed by atoms with Crippen molar-refractivity contribution >= 4 is 27.8 Å². The molecule has 0 saturated heterocycles. The molecule has 0 fully saturated rings. The van der Waals surface area contributed by atoms with E-state index in [1.807, 2.05) is 54.6 Å². The van der Waals surface area contributed by atoms with Gasteiger partial charge in [-0.15, -0.1) is 0 Å². The van der Waals surface area contributed by atoms with Gasteiger partial charge in [0.15, 0.2) is 0 Å². The van der Waals surface area contributed by atoms with Crippen molar-refractivity contribution in [2.45, 2.75) is 31.8 Å². The highest BCUT2D eigenvalue weighted by molar-refractivity contribution is 6.09. The average Bonchev–Trinajstić information content (AvgIpc) is 3.15. The van der Waals surface area contributed by atoms with Crippen LogP contribution in [0.5, 0.6) is 0 Å². The molecule has 0 spiro atoms. The minimum absolute atomic E-state index is 0.254. The van der Waals surface area contributed by atoms with Crippen LogP contribution in [0.2, 0.25) is 0 Å². The van der Waals surface area contributed by atoms with Crippen molar-refractivity contribution in [1.82, 2.24) is 5.48 Å². The van der Waals surface area contributed by atoms with Gasteiger partial charge in [-0.2, -0.15) is 0 Å². The number of aliphatic hydroxyl groups excluding tert-OH is 1. The van der Waals surface area contributed by atoms with Crippen LogP contribution in [-0.2, 0) is 4.79 Å². The summed E-state index contributed by atoms with van der Waals surface area (Å²) in [7, 11) is 0. The maximum Gasteiger partial charge on any atom is 0.243 e. The molecule has 1 heterocycles. The smallest absolute Gasteiger partial charge is 0.243 e. The lowest BCUT2D eigenvalue weighted by atomic mass is 9.98. The Morgan fingerprint density at radius 1 is 0.931 bits per heavy atom. The first-order valence-corrected chi connectivity index (χ1v) is 9.79. The number of fused-ring (bicyclic) bond motifs is 3. The van der Waals surface area contributed by atoms with Crippen molar-refractivity contribution in [3.05, 3.63) is 72.3 Å². The lowest BCUT2D eigenvalue weighted by Gasteiger charge is -2.12. The van der Waals surface area contributed by atoms with Crippen molar-refractivity contribution in [1.29, 1.82) is 0 Å². The molecule has 0 radical (unpaired) electrons. The largest absolute Gasteiger partial charge is 0.455 e. The third-order valence-corrected chi connectivity index (χ3v) is 5.27. The van der Waals surface area contributed by atoms with Crippen LogP contribution in [0.4, 0.5) is 0 Å². The first-order chi connectivity index (χ1) is 14.2. The molecule has 1 unspecified atom stereocenters. The molecule has 0 saturated carbocycles. The summed E-state index contributed by atoms with van der Waals surface area (Å²) in [6.07, 6.45) is 1.56. The van der Waals surface area contributed by atoms with Crippen molar-refractivity contribution < 1.29 is 19.5 Å². The summed E-state index contributed by atoms with van der Waals surface area (Å²) in [6.45, 7) is 0. The van der Waals surface area contributed by atoms with E-state index in [1.165, 1.54) is 0 Å². The molecule has 3 aromatic carbocycles. The van der Waals surface area contributed by atoms with Crippen molar-refractivity contribution in [3.8, 4) is 11.1 Å². The number of hydrogen-bond donors (Lipinski definition) is 3. The van der Waals surface area contributed by atoms with Crippen molar-refractivity contribution in [2.24, 2.45) is 0 Å². The van der Waals surface area contributed by atoms with Crippen molar-refractivity contribution in [3.63, 3.8) is 0 Å². The zero-order valence-electron chi connectivity index (χ0n) is 16.0. The summed E-state index contributed by atoms with van der Waals surface area (Å²) in [4.78, 5) is 11.0. The lowest BCUT2D eigenvalue weighted by Crippen LogP contribution is -2.17. The third-order valence-electron chi connectivity index (χ3n) is 5.27. The van der Waals surface area contributed by atoms with E-state index in [9.17, 15) is 9.90 Å². The van der Waals surface area contributed by atoms with Crippen LogP contribution in [0.15, 0.2) is 71.1 Å². The number of nitrogens with one attached hydrogen (secondary N) is 1. The van der Waals surface area contributed by atoms with E-state index >= 15 is 0 Å². The van der Waals surface area contributed by atoms with Gasteiger partial charge >= 0.3 is 0 Å². The molecule has 1 atom stereocenters. The molecule has 4 rings (SSSR count). The van der Waals surface area contributed by atoms with E-state index in [1.54, 1.807) is 5.48 Å². The Hall–Kier alpha value is -3.15. The Kier molecular flexibility index (Phi) is 5.60. The van der Waals surface area contributed by atoms with Gasteiger partial charge in [-0.1, -0.05) is 67.1 Å². The molecular formula is C24H23NO4. The Morgan fingerprint density at radius 3 is 2.48 bits per heavy atom. The number of amides is 1. The van der Waals surface area contributed by atoms with Gasteiger partial charge in [-0.3, -0.25) is 10.0 Å². The van der Waals surface area contributed by atoms with E-state index < -0.39 is 12.0 Å². The number of aliphatic hydroxyl groups is 1. The standard InChI is InChI=1S/C24H23NO4/c26-21(9-2-4-11-23(27)25-28)17-14-12-16(13-15-17)18-7-5-8-20-19-6-1-3-10-22(19)29-24(18)20/h1,3,5-8,10,12-15,21,26,28H,2,4,9,11H2,(H,25,27). The Morgan fingerprint density at radius 2 is 1.69 bits per heavy atom. The van der Waals surface area contributed by atoms with E-state index in [4.69, 9.17) is 9.62 Å². The Labute approximate surface area is 168 Å². The predicted molar refractivity (Wildman–Crippen MR) is 113 cm³/mol. The van der Waals surface area contributed by atoms with Gasteiger partial charge in [0.2, 0.25) is 5.91 Å². The summed E-state index contributed by atoms with van der Waals surface area (Å²) >= 11 is 0. The van der Waals surface area contributed by atoms with Gasteiger partial charge in [0.05, 0.1) is 6.10 Å². The highest BCUT2D eigenvalue weighted by Gasteiger charge is 2.13. The number of hydroxylamine groups is 1. The van der Waals surface area contributed by atoms with E-state index in [0.717, 1.165) is 38.6 Å². The summed E-state index contributed by atoms with van der Waals surface area (Å²) in [5, 5.41) is 21.1. The SMILES string of the molecule is O=C(CCCCC(O)c1ccc(-c2cccc3c2oc2ccccc23)cc1)NO. The molecule has 148 valence electrons. The summed E-state index contributed by atoms with van der Waals surface area (Å²) < 4.78 is 6.11. The fourth-order valence-corrected chi connectivity index (χ4v) is 3.71. The molecule has 0 aliphatic heterocycles. The van der Waals surface area contributed by atoms with Crippen LogP contribution in [-0.4, -0.2) is 16.2 Å². The highest BCUT2D eigenvalue weighted by atomic mass is 16.5. The third kappa shape index (κ3) is 4.01. The molecule has 3 N–H and O–H groups in total. The van der Waals surface area contributed by atoms with Gasteiger partial charge in [0.1, 0.15) is 11.2 Å². The highest BCUT2D eigenvalue weighted by Crippen LogP contribution is 2.36. The summed E-state index contributed by atoms with van der Waals surface area (Å²) in [6, 6.07) is 22.0. The van der Waals surface area contributed by atoms with Gasteiger partial charge in [0.25, 0.3) is 0 Å². The number of carbonyl (C=O) groups excluding carboxylic acids is 1. The maximum atomic E-state index is 11.0. The molecule has 29 heavy (non-hydrogen) atoms. The molecule has 1 aromatic heterocycles. The number of carbonyl (C=O) groups is 1. The molecule has 5 nitrogen and oxygen atoms in total. The molecule has 1 amide bonds. The minimum Gasteiger partial charge on any atom is -0.455 e. The van der Waals surface area contributed by atoms with Gasteiger partial charge < -0.3 is 9.52 Å². The predicted octanol–water partition coefficient (Wildman–Crippen LogP) is 5.35. The maximum absolute atomic E-state index is 11.0. The number of hydrogen-bond acceptors (Lipinski definition) is 4. The van der Waals surface area contributed by atoms with Crippen LogP contribution >= 0.6 is 0 Å². The van der Waals surface area contributed by atoms with E-state index in [2.05, 4.69) is 12.1 Å². The Bertz CT molecular complexity index is 1130. The minimum atomic E-state index is -0.580. The van der Waals surface area contributed by atoms with Crippen LogP contribution in [0.25, 0.3) is 33.1 Å². The quantitative estimate of drug-likeness (QED) is 0.226. The molecule has 0 aliphatic carbocycles. The Balaban J connectivity index is 1.51. The number of furan rings is 1. The van der Waals surface area contributed by atoms with Crippen LogP contribution in [0, 0.1) is 0 Å². The molecule has 4 aromatic rings. The second-order valence-corrected chi connectivity index (χ2v) is 7.20. The zero-order valence-corrected chi connectivity index (χ0v) is 16.0. The second kappa shape index (κ2) is 8.47. The normalized spacial score (nSPS) is 12.3. The fraction of sp³-hybridized carbons (Fsp3) is 0.208. The van der Waals surface area contributed by atoms with Gasteiger partial charge in [0, 0.05) is 22.8 Å². The fourth-order valence-electron chi connectivity index (χ4n) is 3.71. The van der Waals surface area contributed by atoms with Crippen LogP contribution in [0.3, 0.4) is 0 Å².